The molecule has 0 saturated carbocycles. The van der Waals surface area contributed by atoms with E-state index in [0.717, 1.165) is 5.56 Å². The highest BCUT2D eigenvalue weighted by Gasteiger charge is 2.01. The largest absolute Gasteiger partial charge is 0.365 e. The molecule has 5 nitrogen and oxygen atoms in total. The van der Waals surface area contributed by atoms with Gasteiger partial charge in [-0.05, 0) is 30.2 Å². The zero-order valence-electron chi connectivity index (χ0n) is 13.3. The molecule has 0 radical (unpaired) electrons. The zero-order valence-corrected chi connectivity index (χ0v) is 13.3. The van der Waals surface area contributed by atoms with Crippen molar-refractivity contribution in [1.82, 2.24) is 15.2 Å². The number of hydrogen-bond donors (Lipinski definition) is 2. The number of aryl methyl sites for hydroxylation is 1. The van der Waals surface area contributed by atoms with Crippen LogP contribution in [-0.2, 0) is 13.1 Å². The lowest BCUT2D eigenvalue weighted by Crippen LogP contribution is -2.08. The average Bonchev–Trinajstić information content (AvgIpc) is 2.61. The molecule has 0 unspecified atom stereocenters. The summed E-state index contributed by atoms with van der Waals surface area (Å²) in [5.74, 6) is 0.819. The molecule has 2 aromatic carbocycles. The van der Waals surface area contributed by atoms with Crippen molar-refractivity contribution in [2.24, 2.45) is 0 Å². The van der Waals surface area contributed by atoms with Crippen LogP contribution in [0, 0.1) is 12.7 Å². The fraction of sp³-hybridized carbons (Fsp3) is 0.167. The quantitative estimate of drug-likeness (QED) is 0.726. The number of nitrogens with zero attached hydrogens (tertiary/aromatic N) is 3. The van der Waals surface area contributed by atoms with Crippen LogP contribution in [0.3, 0.4) is 0 Å². The van der Waals surface area contributed by atoms with Crippen molar-refractivity contribution in [1.29, 1.82) is 0 Å². The Morgan fingerprint density at radius 3 is 2.21 bits per heavy atom. The van der Waals surface area contributed by atoms with Gasteiger partial charge in [-0.25, -0.2) is 4.39 Å². The van der Waals surface area contributed by atoms with Crippen molar-refractivity contribution < 1.29 is 4.39 Å². The molecule has 122 valence electrons. The molecule has 6 heteroatoms. The summed E-state index contributed by atoms with van der Waals surface area (Å²) in [6.45, 7) is 3.23. The van der Waals surface area contributed by atoms with Crippen LogP contribution in [0.5, 0.6) is 0 Å². The van der Waals surface area contributed by atoms with Crippen LogP contribution in [-0.4, -0.2) is 15.2 Å². The van der Waals surface area contributed by atoms with Crippen molar-refractivity contribution in [2.45, 2.75) is 20.0 Å². The topological polar surface area (TPSA) is 62.7 Å². The minimum absolute atomic E-state index is 0.251. The maximum absolute atomic E-state index is 12.9. The Balaban J connectivity index is 1.57. The van der Waals surface area contributed by atoms with E-state index in [-0.39, 0.29) is 5.82 Å². The molecule has 0 atom stereocenters. The van der Waals surface area contributed by atoms with Gasteiger partial charge in [0.25, 0.3) is 0 Å². The number of anilines is 2. The van der Waals surface area contributed by atoms with Gasteiger partial charge in [0.05, 0.1) is 6.20 Å². The van der Waals surface area contributed by atoms with Gasteiger partial charge < -0.3 is 10.6 Å². The molecular weight excluding hydrogens is 305 g/mol. The molecular formula is C18H18FN5. The summed E-state index contributed by atoms with van der Waals surface area (Å²) >= 11 is 0. The fourth-order valence-corrected chi connectivity index (χ4v) is 2.15. The number of hydrogen-bond acceptors (Lipinski definition) is 5. The van der Waals surface area contributed by atoms with Crippen molar-refractivity contribution in [3.63, 3.8) is 0 Å². The molecule has 1 heterocycles. The summed E-state index contributed by atoms with van der Waals surface area (Å²) in [5, 5.41) is 14.2. The maximum atomic E-state index is 12.9. The van der Waals surface area contributed by atoms with Gasteiger partial charge in [-0.2, -0.15) is 10.1 Å². The summed E-state index contributed by atoms with van der Waals surface area (Å²) in [6.07, 6.45) is 1.58. The van der Waals surface area contributed by atoms with E-state index in [4.69, 9.17) is 0 Å². The molecule has 0 aliphatic carbocycles. The first-order valence-electron chi connectivity index (χ1n) is 7.66. The number of benzene rings is 2. The smallest absolute Gasteiger partial charge is 0.244 e. The van der Waals surface area contributed by atoms with Gasteiger partial charge in [-0.15, -0.1) is 5.10 Å². The predicted molar refractivity (Wildman–Crippen MR) is 92.1 cm³/mol. The van der Waals surface area contributed by atoms with E-state index >= 15 is 0 Å². The van der Waals surface area contributed by atoms with Crippen LogP contribution in [0.25, 0.3) is 0 Å². The molecule has 3 aromatic rings. The Morgan fingerprint density at radius 1 is 0.875 bits per heavy atom. The van der Waals surface area contributed by atoms with Crippen LogP contribution in [0.2, 0.25) is 0 Å². The standard InChI is InChI=1S/C18H18FN5/c1-13-2-4-14(5-3-13)10-20-17-12-22-24-18(23-17)21-11-15-6-8-16(19)9-7-15/h2-9,12H,10-11H2,1H3,(H2,20,21,23,24). The van der Waals surface area contributed by atoms with Crippen molar-refractivity contribution in [3.05, 3.63) is 77.2 Å². The van der Waals surface area contributed by atoms with Gasteiger partial charge in [0.15, 0.2) is 5.82 Å². The highest BCUT2D eigenvalue weighted by atomic mass is 19.1. The highest BCUT2D eigenvalue weighted by molar-refractivity contribution is 5.38. The van der Waals surface area contributed by atoms with Crippen LogP contribution in [0.4, 0.5) is 16.2 Å². The first-order valence-corrected chi connectivity index (χ1v) is 7.66. The van der Waals surface area contributed by atoms with Gasteiger partial charge in [-0.3, -0.25) is 0 Å². The Kier molecular flexibility index (Phi) is 4.96. The number of nitrogens with one attached hydrogen (secondary N) is 2. The van der Waals surface area contributed by atoms with Crippen LogP contribution in [0.15, 0.2) is 54.7 Å². The second-order valence-electron chi connectivity index (χ2n) is 5.48. The number of halogens is 1. The Labute approximate surface area is 140 Å². The van der Waals surface area contributed by atoms with Crippen molar-refractivity contribution in [3.8, 4) is 0 Å². The number of rotatable bonds is 6. The van der Waals surface area contributed by atoms with Crippen molar-refractivity contribution >= 4 is 11.8 Å². The van der Waals surface area contributed by atoms with Gasteiger partial charge in [-0.1, -0.05) is 42.0 Å². The summed E-state index contributed by atoms with van der Waals surface area (Å²) in [5.41, 5.74) is 3.34. The van der Waals surface area contributed by atoms with E-state index in [1.165, 1.54) is 23.3 Å². The molecule has 24 heavy (non-hydrogen) atoms. The van der Waals surface area contributed by atoms with Crippen LogP contribution < -0.4 is 10.6 Å². The van der Waals surface area contributed by atoms with E-state index < -0.39 is 0 Å². The Hall–Kier alpha value is -3.02. The third-order valence-electron chi connectivity index (χ3n) is 3.52. The molecule has 3 rings (SSSR count). The predicted octanol–water partition coefficient (Wildman–Crippen LogP) is 3.54. The lowest BCUT2D eigenvalue weighted by molar-refractivity contribution is 0.627. The average molecular weight is 323 g/mol. The lowest BCUT2D eigenvalue weighted by Gasteiger charge is -2.08. The summed E-state index contributed by atoms with van der Waals surface area (Å²) in [6, 6.07) is 14.6. The van der Waals surface area contributed by atoms with Crippen LogP contribution in [0.1, 0.15) is 16.7 Å². The van der Waals surface area contributed by atoms with E-state index in [1.54, 1.807) is 18.3 Å². The normalized spacial score (nSPS) is 10.4. The molecule has 0 bridgehead atoms. The second kappa shape index (κ2) is 7.50. The van der Waals surface area contributed by atoms with Gasteiger partial charge >= 0.3 is 0 Å². The molecule has 0 spiro atoms. The van der Waals surface area contributed by atoms with Gasteiger partial charge in [0.2, 0.25) is 5.95 Å². The van der Waals surface area contributed by atoms with Gasteiger partial charge in [0.1, 0.15) is 5.82 Å². The van der Waals surface area contributed by atoms with E-state index in [2.05, 4.69) is 57.0 Å². The second-order valence-corrected chi connectivity index (χ2v) is 5.48. The number of aromatic nitrogens is 3. The monoisotopic (exact) mass is 323 g/mol. The summed E-state index contributed by atoms with van der Waals surface area (Å²) in [7, 11) is 0. The lowest BCUT2D eigenvalue weighted by atomic mass is 10.1. The highest BCUT2D eigenvalue weighted by Crippen LogP contribution is 2.09. The zero-order chi connectivity index (χ0) is 16.8. The minimum atomic E-state index is -0.251. The Bertz CT molecular complexity index is 723. The minimum Gasteiger partial charge on any atom is -0.365 e. The third-order valence-corrected chi connectivity index (χ3v) is 3.52. The molecule has 0 aliphatic heterocycles. The first-order chi connectivity index (χ1) is 11.7. The molecule has 0 aliphatic rings. The third kappa shape index (κ3) is 4.49. The fourth-order valence-electron chi connectivity index (χ4n) is 2.15. The summed E-state index contributed by atoms with van der Waals surface area (Å²) in [4.78, 5) is 4.37. The first kappa shape index (κ1) is 15.9. The molecule has 2 N–H and O–H groups in total. The molecule has 0 amide bonds. The molecule has 1 aromatic heterocycles. The van der Waals surface area contributed by atoms with E-state index in [9.17, 15) is 4.39 Å². The maximum Gasteiger partial charge on any atom is 0.244 e. The van der Waals surface area contributed by atoms with E-state index in [0.29, 0.717) is 24.9 Å². The molecule has 0 fully saturated rings. The Morgan fingerprint density at radius 2 is 1.50 bits per heavy atom. The SMILES string of the molecule is Cc1ccc(CNc2cnnc(NCc3ccc(F)cc3)n2)cc1. The van der Waals surface area contributed by atoms with E-state index in [1.807, 2.05) is 0 Å². The van der Waals surface area contributed by atoms with Crippen LogP contribution >= 0.6 is 0 Å². The van der Waals surface area contributed by atoms with Crippen molar-refractivity contribution in [2.75, 3.05) is 10.6 Å². The summed E-state index contributed by atoms with van der Waals surface area (Å²) < 4.78 is 12.9. The van der Waals surface area contributed by atoms with Gasteiger partial charge in [0, 0.05) is 13.1 Å². The molecule has 0 saturated heterocycles.